The van der Waals surface area contributed by atoms with Crippen molar-refractivity contribution in [3.63, 3.8) is 0 Å². The predicted molar refractivity (Wildman–Crippen MR) is 65.8 cm³/mol. The van der Waals surface area contributed by atoms with Gasteiger partial charge >= 0.3 is 0 Å². The van der Waals surface area contributed by atoms with E-state index in [4.69, 9.17) is 14.9 Å². The fourth-order valence-electron chi connectivity index (χ4n) is 2.02. The zero-order valence-electron chi connectivity index (χ0n) is 10.6. The van der Waals surface area contributed by atoms with Crippen LogP contribution in [-0.2, 0) is 11.3 Å². The van der Waals surface area contributed by atoms with Gasteiger partial charge in [0.25, 0.3) is 6.01 Å². The van der Waals surface area contributed by atoms with Gasteiger partial charge in [-0.2, -0.15) is 4.98 Å². The van der Waals surface area contributed by atoms with Crippen LogP contribution in [-0.4, -0.2) is 31.3 Å². The Bertz CT molecular complexity index is 349. The zero-order chi connectivity index (χ0) is 12.3. The van der Waals surface area contributed by atoms with Crippen LogP contribution >= 0.6 is 0 Å². The highest BCUT2D eigenvalue weighted by atomic mass is 16.5. The SMILES string of the molecule is COCCN(c1nc(CN)co1)C(C)C1CC1. The van der Waals surface area contributed by atoms with Crippen LogP contribution in [0.3, 0.4) is 0 Å². The average molecular weight is 239 g/mol. The van der Waals surface area contributed by atoms with E-state index in [1.165, 1.54) is 12.8 Å². The van der Waals surface area contributed by atoms with E-state index in [0.717, 1.165) is 18.2 Å². The van der Waals surface area contributed by atoms with Gasteiger partial charge in [0.05, 0.1) is 12.3 Å². The molecule has 0 amide bonds. The van der Waals surface area contributed by atoms with E-state index >= 15 is 0 Å². The lowest BCUT2D eigenvalue weighted by molar-refractivity contribution is 0.201. The first kappa shape index (κ1) is 12.4. The van der Waals surface area contributed by atoms with Crippen molar-refractivity contribution in [2.24, 2.45) is 11.7 Å². The van der Waals surface area contributed by atoms with Crippen LogP contribution in [0.5, 0.6) is 0 Å². The Kier molecular flexibility index (Phi) is 4.02. The summed E-state index contributed by atoms with van der Waals surface area (Å²) in [5.74, 6) is 0.764. The lowest BCUT2D eigenvalue weighted by Gasteiger charge is -2.27. The summed E-state index contributed by atoms with van der Waals surface area (Å²) in [6, 6.07) is 1.12. The van der Waals surface area contributed by atoms with Crippen LogP contribution in [0.15, 0.2) is 10.7 Å². The van der Waals surface area contributed by atoms with Gasteiger partial charge in [-0.05, 0) is 25.7 Å². The second-order valence-corrected chi connectivity index (χ2v) is 4.59. The molecule has 1 unspecified atom stereocenters. The third kappa shape index (κ3) is 2.98. The molecule has 0 spiro atoms. The normalized spacial score (nSPS) is 17.1. The monoisotopic (exact) mass is 239 g/mol. The van der Waals surface area contributed by atoms with E-state index in [0.29, 0.717) is 25.2 Å². The van der Waals surface area contributed by atoms with E-state index in [1.54, 1.807) is 13.4 Å². The van der Waals surface area contributed by atoms with Crippen molar-refractivity contribution in [3.8, 4) is 0 Å². The lowest BCUT2D eigenvalue weighted by Crippen LogP contribution is -2.37. The Morgan fingerprint density at radius 3 is 2.94 bits per heavy atom. The van der Waals surface area contributed by atoms with Crippen LogP contribution in [0, 0.1) is 5.92 Å². The Morgan fingerprint density at radius 1 is 1.65 bits per heavy atom. The maximum absolute atomic E-state index is 5.55. The van der Waals surface area contributed by atoms with Gasteiger partial charge in [-0.15, -0.1) is 0 Å². The number of hydrogen-bond acceptors (Lipinski definition) is 5. The Balaban J connectivity index is 2.07. The van der Waals surface area contributed by atoms with Crippen molar-refractivity contribution >= 4 is 6.01 Å². The van der Waals surface area contributed by atoms with Gasteiger partial charge in [0.15, 0.2) is 0 Å². The molecular weight excluding hydrogens is 218 g/mol. The van der Waals surface area contributed by atoms with E-state index in [2.05, 4.69) is 16.8 Å². The minimum absolute atomic E-state index is 0.416. The molecule has 17 heavy (non-hydrogen) atoms. The van der Waals surface area contributed by atoms with Crippen LogP contribution in [0.1, 0.15) is 25.5 Å². The van der Waals surface area contributed by atoms with Crippen molar-refractivity contribution < 1.29 is 9.15 Å². The highest BCUT2D eigenvalue weighted by Crippen LogP contribution is 2.36. The van der Waals surface area contributed by atoms with Crippen molar-refractivity contribution in [2.75, 3.05) is 25.2 Å². The van der Waals surface area contributed by atoms with E-state index < -0.39 is 0 Å². The molecular formula is C12H21N3O2. The molecule has 1 atom stereocenters. The smallest absolute Gasteiger partial charge is 0.297 e. The molecule has 0 bridgehead atoms. The molecule has 1 heterocycles. The summed E-state index contributed by atoms with van der Waals surface area (Å²) in [7, 11) is 1.71. The van der Waals surface area contributed by atoms with Gasteiger partial charge in [0.1, 0.15) is 6.26 Å². The first-order chi connectivity index (χ1) is 8.26. The molecule has 2 rings (SSSR count). The number of oxazole rings is 1. The summed E-state index contributed by atoms with van der Waals surface area (Å²) >= 11 is 0. The Labute approximate surface area is 102 Å². The molecule has 0 aliphatic heterocycles. The second kappa shape index (κ2) is 5.51. The molecule has 5 nitrogen and oxygen atoms in total. The van der Waals surface area contributed by atoms with E-state index in [1.807, 2.05) is 0 Å². The standard InChI is InChI=1S/C12H21N3O2/c1-9(10-3-4-10)15(5-6-16-2)12-14-11(7-13)8-17-12/h8-10H,3-7,13H2,1-2H3. The average Bonchev–Trinajstić information content (AvgIpc) is 3.09. The maximum Gasteiger partial charge on any atom is 0.297 e. The van der Waals surface area contributed by atoms with Crippen LogP contribution in [0.25, 0.3) is 0 Å². The van der Waals surface area contributed by atoms with Crippen LogP contribution in [0.4, 0.5) is 6.01 Å². The summed E-state index contributed by atoms with van der Waals surface area (Å²) in [4.78, 5) is 6.57. The topological polar surface area (TPSA) is 64.5 Å². The third-order valence-electron chi connectivity index (χ3n) is 3.33. The molecule has 5 heteroatoms. The molecule has 0 radical (unpaired) electrons. The summed E-state index contributed by atoms with van der Waals surface area (Å²) in [5, 5.41) is 0. The number of aromatic nitrogens is 1. The fourth-order valence-corrected chi connectivity index (χ4v) is 2.02. The van der Waals surface area contributed by atoms with E-state index in [-0.39, 0.29) is 0 Å². The van der Waals surface area contributed by atoms with Gasteiger partial charge in [0.2, 0.25) is 0 Å². The molecule has 1 aromatic rings. The number of ether oxygens (including phenoxy) is 1. The van der Waals surface area contributed by atoms with Gasteiger partial charge in [-0.25, -0.2) is 0 Å². The third-order valence-corrected chi connectivity index (χ3v) is 3.33. The van der Waals surface area contributed by atoms with E-state index in [9.17, 15) is 0 Å². The zero-order valence-corrected chi connectivity index (χ0v) is 10.6. The van der Waals surface area contributed by atoms with Crippen molar-refractivity contribution in [3.05, 3.63) is 12.0 Å². The summed E-state index contributed by atoms with van der Waals surface area (Å²) < 4.78 is 10.6. The Hall–Kier alpha value is -1.07. The summed E-state index contributed by atoms with van der Waals surface area (Å²) in [6.45, 7) is 4.12. The predicted octanol–water partition coefficient (Wildman–Crippen LogP) is 1.38. The number of nitrogens with zero attached hydrogens (tertiary/aromatic N) is 2. The minimum atomic E-state index is 0.416. The van der Waals surface area contributed by atoms with Crippen LogP contribution < -0.4 is 10.6 Å². The molecule has 1 aliphatic carbocycles. The molecule has 0 aromatic carbocycles. The highest BCUT2D eigenvalue weighted by molar-refractivity contribution is 5.30. The van der Waals surface area contributed by atoms with Crippen molar-refractivity contribution in [1.82, 2.24) is 4.98 Å². The first-order valence-electron chi connectivity index (χ1n) is 6.16. The van der Waals surface area contributed by atoms with Crippen molar-refractivity contribution in [1.29, 1.82) is 0 Å². The number of rotatable bonds is 7. The maximum atomic E-state index is 5.55. The summed E-state index contributed by atoms with van der Waals surface area (Å²) in [6.07, 6.45) is 4.24. The minimum Gasteiger partial charge on any atom is -0.432 e. The highest BCUT2D eigenvalue weighted by Gasteiger charge is 2.33. The number of anilines is 1. The summed E-state index contributed by atoms with van der Waals surface area (Å²) in [5.41, 5.74) is 6.34. The molecule has 2 N–H and O–H groups in total. The van der Waals surface area contributed by atoms with Gasteiger partial charge in [0, 0.05) is 26.2 Å². The molecule has 96 valence electrons. The molecule has 1 aliphatic rings. The molecule has 1 fully saturated rings. The van der Waals surface area contributed by atoms with Crippen LogP contribution in [0.2, 0.25) is 0 Å². The first-order valence-corrected chi connectivity index (χ1v) is 6.16. The fraction of sp³-hybridized carbons (Fsp3) is 0.750. The number of nitrogens with two attached hydrogens (primary N) is 1. The van der Waals surface area contributed by atoms with Gasteiger partial charge < -0.3 is 19.8 Å². The number of methoxy groups -OCH3 is 1. The Morgan fingerprint density at radius 2 is 2.41 bits per heavy atom. The molecule has 1 aromatic heterocycles. The number of hydrogen-bond donors (Lipinski definition) is 1. The van der Waals surface area contributed by atoms with Gasteiger partial charge in [-0.1, -0.05) is 0 Å². The second-order valence-electron chi connectivity index (χ2n) is 4.59. The molecule has 1 saturated carbocycles. The molecule has 0 saturated heterocycles. The van der Waals surface area contributed by atoms with Gasteiger partial charge in [-0.3, -0.25) is 0 Å². The lowest BCUT2D eigenvalue weighted by atomic mass is 10.2. The van der Waals surface area contributed by atoms with Crippen molar-refractivity contribution in [2.45, 2.75) is 32.4 Å². The largest absolute Gasteiger partial charge is 0.432 e. The quantitative estimate of drug-likeness (QED) is 0.779.